The molecule has 2 nitrogen and oxygen atoms in total. The first-order valence-corrected chi connectivity index (χ1v) is 5.08. The van der Waals surface area contributed by atoms with Crippen LogP contribution >= 0.6 is 11.8 Å². The van der Waals surface area contributed by atoms with E-state index in [9.17, 15) is 0 Å². The summed E-state index contributed by atoms with van der Waals surface area (Å²) in [5.74, 6) is 0.832. The third-order valence-electron chi connectivity index (χ3n) is 1.63. The summed E-state index contributed by atoms with van der Waals surface area (Å²) < 4.78 is 0. The molecule has 0 rings (SSSR count). The van der Waals surface area contributed by atoms with Gasteiger partial charge in [0.05, 0.1) is 6.61 Å². The van der Waals surface area contributed by atoms with E-state index in [0.29, 0.717) is 5.25 Å². The third kappa shape index (κ3) is 5.53. The van der Waals surface area contributed by atoms with Crippen LogP contribution in [0, 0.1) is 0 Å². The highest BCUT2D eigenvalue weighted by molar-refractivity contribution is 7.99. The van der Waals surface area contributed by atoms with Crippen molar-refractivity contribution in [3.8, 4) is 0 Å². The minimum atomic E-state index is -0.409. The molecule has 2 atom stereocenters. The van der Waals surface area contributed by atoms with Gasteiger partial charge in [-0.05, 0) is 13.3 Å². The van der Waals surface area contributed by atoms with E-state index in [-0.39, 0.29) is 6.61 Å². The van der Waals surface area contributed by atoms with Crippen molar-refractivity contribution >= 4 is 11.8 Å². The Labute approximate surface area is 73.6 Å². The summed E-state index contributed by atoms with van der Waals surface area (Å²) >= 11 is 1.82. The molecule has 0 aromatic rings. The zero-order valence-corrected chi connectivity index (χ0v) is 8.45. The highest BCUT2D eigenvalue weighted by Crippen LogP contribution is 2.17. The van der Waals surface area contributed by atoms with E-state index in [1.807, 2.05) is 18.7 Å². The van der Waals surface area contributed by atoms with E-state index in [4.69, 9.17) is 10.8 Å². The highest BCUT2D eigenvalue weighted by atomic mass is 32.2. The number of thioether (sulfide) groups is 1. The molecule has 0 aliphatic heterocycles. The Morgan fingerprint density at radius 1 is 1.64 bits per heavy atom. The van der Waals surface area contributed by atoms with E-state index in [1.54, 1.807) is 0 Å². The van der Waals surface area contributed by atoms with Gasteiger partial charge in [0.1, 0.15) is 0 Å². The molecule has 2 unspecified atom stereocenters. The number of hydrogen-bond donors (Lipinski definition) is 2. The van der Waals surface area contributed by atoms with Gasteiger partial charge in [0.2, 0.25) is 0 Å². The number of aliphatic hydroxyl groups excluding tert-OH is 1. The molecule has 0 bridgehead atoms. The van der Waals surface area contributed by atoms with Crippen molar-refractivity contribution in [2.45, 2.75) is 38.0 Å². The van der Waals surface area contributed by atoms with Gasteiger partial charge < -0.3 is 10.8 Å². The van der Waals surface area contributed by atoms with Gasteiger partial charge in [-0.3, -0.25) is 0 Å². The zero-order valence-electron chi connectivity index (χ0n) is 7.63. The maximum Gasteiger partial charge on any atom is 0.0616 e. The van der Waals surface area contributed by atoms with Crippen molar-refractivity contribution in [2.24, 2.45) is 5.73 Å². The van der Waals surface area contributed by atoms with Crippen LogP contribution < -0.4 is 5.73 Å². The summed E-state index contributed by atoms with van der Waals surface area (Å²) in [6, 6.07) is 0. The molecule has 0 aromatic carbocycles. The van der Waals surface area contributed by atoms with Crippen LogP contribution in [0.5, 0.6) is 0 Å². The topological polar surface area (TPSA) is 46.2 Å². The average molecular weight is 177 g/mol. The van der Waals surface area contributed by atoms with Crippen LogP contribution in [0.4, 0.5) is 0 Å². The molecule has 0 amide bonds. The van der Waals surface area contributed by atoms with E-state index < -0.39 is 5.54 Å². The lowest BCUT2D eigenvalue weighted by Crippen LogP contribution is -2.43. The van der Waals surface area contributed by atoms with Crippen LogP contribution in [-0.4, -0.2) is 28.3 Å². The molecule has 68 valence electrons. The van der Waals surface area contributed by atoms with Crippen LogP contribution in [0.1, 0.15) is 27.2 Å². The van der Waals surface area contributed by atoms with Gasteiger partial charge in [0, 0.05) is 16.5 Å². The van der Waals surface area contributed by atoms with Crippen molar-refractivity contribution in [3.63, 3.8) is 0 Å². The molecule has 0 fully saturated rings. The average Bonchev–Trinajstić information content (AvgIpc) is 2.00. The van der Waals surface area contributed by atoms with Crippen LogP contribution in [0.3, 0.4) is 0 Å². The molecule has 0 heterocycles. The largest absolute Gasteiger partial charge is 0.394 e. The predicted octanol–water partition coefficient (Wildman–Crippen LogP) is 1.23. The second-order valence-corrected chi connectivity index (χ2v) is 4.77. The summed E-state index contributed by atoms with van der Waals surface area (Å²) in [7, 11) is 0. The van der Waals surface area contributed by atoms with Crippen molar-refractivity contribution in [1.82, 2.24) is 0 Å². The second-order valence-electron chi connectivity index (χ2n) is 3.34. The fourth-order valence-corrected chi connectivity index (χ4v) is 1.49. The van der Waals surface area contributed by atoms with E-state index in [2.05, 4.69) is 13.8 Å². The monoisotopic (exact) mass is 177 g/mol. The minimum absolute atomic E-state index is 0.0659. The molecule has 0 saturated heterocycles. The first-order chi connectivity index (χ1) is 5.02. The van der Waals surface area contributed by atoms with Crippen molar-refractivity contribution in [1.29, 1.82) is 0 Å². The molecule has 3 heteroatoms. The SMILES string of the molecule is CCC(C)SCC(C)(N)CO. The summed E-state index contributed by atoms with van der Waals surface area (Å²) in [6.07, 6.45) is 1.16. The summed E-state index contributed by atoms with van der Waals surface area (Å²) in [5, 5.41) is 9.48. The maximum atomic E-state index is 8.84. The quantitative estimate of drug-likeness (QED) is 0.664. The van der Waals surface area contributed by atoms with E-state index in [1.165, 1.54) is 0 Å². The lowest BCUT2D eigenvalue weighted by atomic mass is 10.1. The van der Waals surface area contributed by atoms with Gasteiger partial charge in [-0.15, -0.1) is 0 Å². The van der Waals surface area contributed by atoms with Crippen molar-refractivity contribution in [3.05, 3.63) is 0 Å². The predicted molar refractivity (Wildman–Crippen MR) is 51.9 cm³/mol. The molecule has 0 aliphatic carbocycles. The van der Waals surface area contributed by atoms with Gasteiger partial charge in [-0.2, -0.15) is 11.8 Å². The molecular weight excluding hydrogens is 158 g/mol. The smallest absolute Gasteiger partial charge is 0.0616 e. The van der Waals surface area contributed by atoms with Gasteiger partial charge in [0.25, 0.3) is 0 Å². The Kier molecular flexibility index (Phi) is 5.13. The number of hydrogen-bond acceptors (Lipinski definition) is 3. The van der Waals surface area contributed by atoms with Crippen LogP contribution in [0.25, 0.3) is 0 Å². The fraction of sp³-hybridized carbons (Fsp3) is 1.00. The molecule has 3 N–H and O–H groups in total. The van der Waals surface area contributed by atoms with Crippen molar-refractivity contribution in [2.75, 3.05) is 12.4 Å². The van der Waals surface area contributed by atoms with Gasteiger partial charge >= 0.3 is 0 Å². The summed E-state index contributed by atoms with van der Waals surface area (Å²) in [4.78, 5) is 0. The molecule has 0 aliphatic rings. The standard InChI is InChI=1S/C8H19NOS/c1-4-7(2)11-6-8(3,9)5-10/h7,10H,4-6,9H2,1-3H3. The van der Waals surface area contributed by atoms with Crippen LogP contribution in [0.2, 0.25) is 0 Å². The maximum absolute atomic E-state index is 8.84. The Morgan fingerprint density at radius 3 is 2.55 bits per heavy atom. The number of rotatable bonds is 5. The second kappa shape index (κ2) is 5.01. The summed E-state index contributed by atoms with van der Waals surface area (Å²) in [6.45, 7) is 6.28. The molecule has 11 heavy (non-hydrogen) atoms. The fourth-order valence-electron chi connectivity index (χ4n) is 0.496. The number of aliphatic hydroxyl groups is 1. The van der Waals surface area contributed by atoms with Crippen LogP contribution in [-0.2, 0) is 0 Å². The Morgan fingerprint density at radius 2 is 2.18 bits per heavy atom. The Hall–Kier alpha value is 0.270. The van der Waals surface area contributed by atoms with E-state index >= 15 is 0 Å². The number of nitrogens with two attached hydrogens (primary N) is 1. The van der Waals surface area contributed by atoms with E-state index in [0.717, 1.165) is 12.2 Å². The Bertz CT molecular complexity index is 106. The first kappa shape index (κ1) is 11.3. The minimum Gasteiger partial charge on any atom is -0.394 e. The molecule has 0 saturated carbocycles. The molecule has 0 spiro atoms. The van der Waals surface area contributed by atoms with Crippen molar-refractivity contribution < 1.29 is 5.11 Å². The van der Waals surface area contributed by atoms with Crippen LogP contribution in [0.15, 0.2) is 0 Å². The Balaban J connectivity index is 3.52. The van der Waals surface area contributed by atoms with Gasteiger partial charge in [-0.25, -0.2) is 0 Å². The van der Waals surface area contributed by atoms with Gasteiger partial charge in [-0.1, -0.05) is 13.8 Å². The zero-order chi connectivity index (χ0) is 8.91. The molecule has 0 radical (unpaired) electrons. The van der Waals surface area contributed by atoms with Gasteiger partial charge in [0.15, 0.2) is 0 Å². The normalized spacial score (nSPS) is 19.4. The first-order valence-electron chi connectivity index (χ1n) is 4.03. The third-order valence-corrected chi connectivity index (χ3v) is 3.36. The highest BCUT2D eigenvalue weighted by Gasteiger charge is 2.17. The molecular formula is C8H19NOS. The summed E-state index contributed by atoms with van der Waals surface area (Å²) in [5.41, 5.74) is 5.34. The lowest BCUT2D eigenvalue weighted by molar-refractivity contribution is 0.224. The lowest BCUT2D eigenvalue weighted by Gasteiger charge is -2.22. The molecule has 0 aromatic heterocycles.